The standard InChI is InChI=1S/C23H30O3/c1-23(2,26)15-5-3-4-8-18-9-6-10-19(16-18)13-14-20-11-7-12-21(17-20)22(24)25/h6-7,9-14,16-17,22,24-26H,3-5,8,15H2,1-2H3. The summed E-state index contributed by atoms with van der Waals surface area (Å²) in [5.41, 5.74) is 3.32. The third-order valence-corrected chi connectivity index (χ3v) is 4.38. The lowest BCUT2D eigenvalue weighted by atomic mass is 9.98. The van der Waals surface area contributed by atoms with Crippen LogP contribution in [-0.2, 0) is 6.42 Å². The van der Waals surface area contributed by atoms with Gasteiger partial charge in [-0.1, -0.05) is 67.5 Å². The second kappa shape index (κ2) is 9.67. The highest BCUT2D eigenvalue weighted by atomic mass is 16.5. The number of benzene rings is 2. The molecule has 2 aromatic rings. The molecule has 0 amide bonds. The summed E-state index contributed by atoms with van der Waals surface area (Å²) in [6, 6.07) is 15.7. The zero-order valence-corrected chi connectivity index (χ0v) is 15.7. The van der Waals surface area contributed by atoms with Crippen molar-refractivity contribution in [2.24, 2.45) is 0 Å². The van der Waals surface area contributed by atoms with Gasteiger partial charge in [-0.05, 0) is 55.9 Å². The van der Waals surface area contributed by atoms with Gasteiger partial charge >= 0.3 is 0 Å². The molecule has 3 nitrogen and oxygen atoms in total. The molecule has 2 rings (SSSR count). The van der Waals surface area contributed by atoms with Crippen LogP contribution in [0, 0.1) is 0 Å². The van der Waals surface area contributed by atoms with Crippen molar-refractivity contribution in [3.63, 3.8) is 0 Å². The molecule has 26 heavy (non-hydrogen) atoms. The molecule has 0 saturated carbocycles. The summed E-state index contributed by atoms with van der Waals surface area (Å²) in [6.07, 6.45) is 7.77. The largest absolute Gasteiger partial charge is 0.390 e. The molecule has 0 aliphatic rings. The van der Waals surface area contributed by atoms with E-state index in [0.29, 0.717) is 5.56 Å². The minimum absolute atomic E-state index is 0.493. The van der Waals surface area contributed by atoms with Gasteiger partial charge in [0.25, 0.3) is 0 Å². The van der Waals surface area contributed by atoms with Gasteiger partial charge in [0.05, 0.1) is 5.60 Å². The first-order valence-electron chi connectivity index (χ1n) is 9.29. The Balaban J connectivity index is 1.89. The molecule has 0 spiro atoms. The first-order valence-corrected chi connectivity index (χ1v) is 9.29. The second-order valence-electron chi connectivity index (χ2n) is 7.50. The Morgan fingerprint density at radius 2 is 1.54 bits per heavy atom. The van der Waals surface area contributed by atoms with Gasteiger partial charge in [-0.3, -0.25) is 0 Å². The number of aliphatic hydroxyl groups excluding tert-OH is 1. The number of aliphatic hydroxyl groups is 3. The van der Waals surface area contributed by atoms with Crippen LogP contribution in [0.5, 0.6) is 0 Å². The molecule has 0 heterocycles. The van der Waals surface area contributed by atoms with Crippen LogP contribution in [0.15, 0.2) is 48.5 Å². The van der Waals surface area contributed by atoms with E-state index in [1.807, 2.05) is 38.1 Å². The van der Waals surface area contributed by atoms with Crippen LogP contribution in [0.25, 0.3) is 12.2 Å². The molecule has 0 unspecified atom stereocenters. The Morgan fingerprint density at radius 1 is 0.885 bits per heavy atom. The molecule has 0 aliphatic carbocycles. The van der Waals surface area contributed by atoms with E-state index in [-0.39, 0.29) is 0 Å². The fourth-order valence-corrected chi connectivity index (χ4v) is 2.93. The maximum absolute atomic E-state index is 9.74. The Morgan fingerprint density at radius 3 is 2.19 bits per heavy atom. The maximum Gasteiger partial charge on any atom is 0.178 e. The Labute approximate surface area is 156 Å². The summed E-state index contributed by atoms with van der Waals surface area (Å²) in [7, 11) is 0. The first-order chi connectivity index (χ1) is 12.3. The Kier molecular flexibility index (Phi) is 7.58. The topological polar surface area (TPSA) is 60.7 Å². The lowest BCUT2D eigenvalue weighted by Crippen LogP contribution is -2.17. The lowest BCUT2D eigenvalue weighted by Gasteiger charge is -2.16. The molecule has 0 atom stereocenters. The van der Waals surface area contributed by atoms with Gasteiger partial charge in [-0.25, -0.2) is 0 Å². The molecule has 0 fully saturated rings. The molecule has 3 N–H and O–H groups in total. The number of hydrogen-bond donors (Lipinski definition) is 3. The molecule has 0 aliphatic heterocycles. The molecular formula is C23H30O3. The van der Waals surface area contributed by atoms with Crippen LogP contribution in [-0.4, -0.2) is 20.9 Å². The maximum atomic E-state index is 9.74. The van der Waals surface area contributed by atoms with Crippen molar-refractivity contribution in [2.75, 3.05) is 0 Å². The van der Waals surface area contributed by atoms with Gasteiger partial charge in [-0.15, -0.1) is 0 Å². The molecule has 0 radical (unpaired) electrons. The van der Waals surface area contributed by atoms with E-state index < -0.39 is 11.9 Å². The number of hydrogen-bond acceptors (Lipinski definition) is 3. The zero-order chi connectivity index (χ0) is 19.0. The number of aryl methyl sites for hydroxylation is 1. The quantitative estimate of drug-likeness (QED) is 0.347. The van der Waals surface area contributed by atoms with Crippen LogP contribution in [0.4, 0.5) is 0 Å². The van der Waals surface area contributed by atoms with Crippen molar-refractivity contribution in [1.82, 2.24) is 0 Å². The van der Waals surface area contributed by atoms with Crippen molar-refractivity contribution >= 4 is 12.2 Å². The van der Waals surface area contributed by atoms with Crippen molar-refractivity contribution in [3.05, 3.63) is 70.8 Å². The third-order valence-electron chi connectivity index (χ3n) is 4.38. The van der Waals surface area contributed by atoms with Crippen molar-refractivity contribution < 1.29 is 15.3 Å². The van der Waals surface area contributed by atoms with Gasteiger partial charge in [0, 0.05) is 5.56 Å². The molecule has 3 heteroatoms. The van der Waals surface area contributed by atoms with Gasteiger partial charge in [0.15, 0.2) is 6.29 Å². The summed E-state index contributed by atoms with van der Waals surface area (Å²) < 4.78 is 0. The van der Waals surface area contributed by atoms with Gasteiger partial charge in [0.1, 0.15) is 0 Å². The molecule has 0 bridgehead atoms. The molecule has 140 valence electrons. The van der Waals surface area contributed by atoms with E-state index in [9.17, 15) is 15.3 Å². The minimum atomic E-state index is -1.44. The summed E-state index contributed by atoms with van der Waals surface area (Å²) in [5, 5.41) is 28.2. The summed E-state index contributed by atoms with van der Waals surface area (Å²) in [5.74, 6) is 0. The Bertz CT molecular complexity index is 711. The predicted molar refractivity (Wildman–Crippen MR) is 107 cm³/mol. The van der Waals surface area contributed by atoms with Crippen molar-refractivity contribution in [1.29, 1.82) is 0 Å². The highest BCUT2D eigenvalue weighted by Crippen LogP contribution is 2.17. The first kappa shape index (κ1) is 20.4. The number of unbranched alkanes of at least 4 members (excludes halogenated alkanes) is 2. The van der Waals surface area contributed by atoms with E-state index in [1.165, 1.54) is 5.56 Å². The lowest BCUT2D eigenvalue weighted by molar-refractivity contribution is -0.0425. The summed E-state index contributed by atoms with van der Waals surface area (Å²) >= 11 is 0. The summed E-state index contributed by atoms with van der Waals surface area (Å²) in [6.45, 7) is 3.72. The third kappa shape index (κ3) is 7.52. The monoisotopic (exact) mass is 354 g/mol. The van der Waals surface area contributed by atoms with Crippen LogP contribution >= 0.6 is 0 Å². The van der Waals surface area contributed by atoms with Gasteiger partial charge in [-0.2, -0.15) is 0 Å². The smallest absolute Gasteiger partial charge is 0.178 e. The van der Waals surface area contributed by atoms with E-state index in [1.54, 1.807) is 12.1 Å². The van der Waals surface area contributed by atoms with E-state index >= 15 is 0 Å². The van der Waals surface area contributed by atoms with Gasteiger partial charge < -0.3 is 15.3 Å². The summed E-state index contributed by atoms with van der Waals surface area (Å²) in [4.78, 5) is 0. The molecule has 0 aromatic heterocycles. The SMILES string of the molecule is CC(C)(O)CCCCCc1cccc(C=Cc2cccc(C(O)O)c2)c1. The van der Waals surface area contributed by atoms with E-state index in [2.05, 4.69) is 24.3 Å². The zero-order valence-electron chi connectivity index (χ0n) is 15.7. The van der Waals surface area contributed by atoms with Crippen LogP contribution in [0.2, 0.25) is 0 Å². The van der Waals surface area contributed by atoms with Crippen molar-refractivity contribution in [2.45, 2.75) is 57.8 Å². The highest BCUT2D eigenvalue weighted by molar-refractivity contribution is 5.70. The normalized spacial score (nSPS) is 12.2. The van der Waals surface area contributed by atoms with Crippen LogP contribution in [0.1, 0.15) is 68.1 Å². The fraction of sp³-hybridized carbons (Fsp3) is 0.391. The molecule has 0 saturated heterocycles. The van der Waals surface area contributed by atoms with Crippen LogP contribution < -0.4 is 0 Å². The average molecular weight is 354 g/mol. The molecule has 2 aromatic carbocycles. The average Bonchev–Trinajstić information content (AvgIpc) is 2.59. The van der Waals surface area contributed by atoms with E-state index in [4.69, 9.17) is 0 Å². The van der Waals surface area contributed by atoms with Gasteiger partial charge in [0.2, 0.25) is 0 Å². The fourth-order valence-electron chi connectivity index (χ4n) is 2.93. The van der Waals surface area contributed by atoms with Crippen LogP contribution in [0.3, 0.4) is 0 Å². The number of rotatable bonds is 9. The second-order valence-corrected chi connectivity index (χ2v) is 7.50. The van der Waals surface area contributed by atoms with Crippen molar-refractivity contribution in [3.8, 4) is 0 Å². The molecular weight excluding hydrogens is 324 g/mol. The highest BCUT2D eigenvalue weighted by Gasteiger charge is 2.10. The van der Waals surface area contributed by atoms with E-state index in [0.717, 1.165) is 43.2 Å². The Hall–Kier alpha value is -1.94. The predicted octanol–water partition coefficient (Wildman–Crippen LogP) is 4.71. The minimum Gasteiger partial charge on any atom is -0.390 e.